The number of thiazole rings is 1. The Morgan fingerprint density at radius 1 is 1.48 bits per heavy atom. The zero-order valence-electron chi connectivity index (χ0n) is 13.1. The summed E-state index contributed by atoms with van der Waals surface area (Å²) in [5.74, 6) is 0.798. The Labute approximate surface area is 131 Å². The van der Waals surface area contributed by atoms with Gasteiger partial charge in [-0.3, -0.25) is 4.99 Å². The van der Waals surface area contributed by atoms with Crippen LogP contribution in [-0.2, 0) is 0 Å². The Morgan fingerprint density at radius 3 is 2.90 bits per heavy atom. The summed E-state index contributed by atoms with van der Waals surface area (Å²) in [6, 6.07) is 0. The van der Waals surface area contributed by atoms with E-state index in [1.54, 1.807) is 18.4 Å². The third-order valence-corrected chi connectivity index (χ3v) is 4.86. The lowest BCUT2D eigenvalue weighted by molar-refractivity contribution is 0.355. The molecule has 0 radical (unpaired) electrons. The molecular weight excluding hydrogens is 278 g/mol. The molecule has 1 aromatic rings. The zero-order chi connectivity index (χ0) is 15.1. The molecule has 0 aromatic carbocycles. The summed E-state index contributed by atoms with van der Waals surface area (Å²) in [7, 11) is 1.78. The number of rotatable bonds is 6. The van der Waals surface area contributed by atoms with Crippen molar-refractivity contribution in [3.63, 3.8) is 0 Å². The summed E-state index contributed by atoms with van der Waals surface area (Å²) in [4.78, 5) is 8.73. The predicted molar refractivity (Wildman–Crippen MR) is 93.8 cm³/mol. The SMILES string of the molecule is C=C(NCC1CCCCC1)c1csc(/C(C=NC)=C/C)n1. The number of allylic oxidation sites excluding steroid dienone is 2. The van der Waals surface area contributed by atoms with Crippen LogP contribution < -0.4 is 5.32 Å². The summed E-state index contributed by atoms with van der Waals surface area (Å²) in [5.41, 5.74) is 2.95. The maximum Gasteiger partial charge on any atom is 0.125 e. The minimum atomic E-state index is 0.798. The summed E-state index contributed by atoms with van der Waals surface area (Å²) >= 11 is 1.64. The topological polar surface area (TPSA) is 37.3 Å². The van der Waals surface area contributed by atoms with Gasteiger partial charge >= 0.3 is 0 Å². The Bertz CT molecular complexity index is 522. The van der Waals surface area contributed by atoms with E-state index in [1.807, 2.05) is 19.2 Å². The molecule has 0 bridgehead atoms. The van der Waals surface area contributed by atoms with E-state index in [1.165, 1.54) is 32.1 Å². The molecule has 1 fully saturated rings. The van der Waals surface area contributed by atoms with Crippen molar-refractivity contribution in [3.05, 3.63) is 28.7 Å². The monoisotopic (exact) mass is 303 g/mol. The molecule has 1 aromatic heterocycles. The van der Waals surface area contributed by atoms with E-state index in [9.17, 15) is 0 Å². The van der Waals surface area contributed by atoms with E-state index in [-0.39, 0.29) is 0 Å². The number of nitrogens with one attached hydrogen (secondary N) is 1. The van der Waals surface area contributed by atoms with Gasteiger partial charge < -0.3 is 5.32 Å². The predicted octanol–water partition coefficient (Wildman–Crippen LogP) is 4.39. The van der Waals surface area contributed by atoms with Crippen LogP contribution >= 0.6 is 11.3 Å². The molecule has 1 aliphatic rings. The molecule has 0 unspecified atom stereocenters. The van der Waals surface area contributed by atoms with Gasteiger partial charge in [-0.15, -0.1) is 11.3 Å². The van der Waals surface area contributed by atoms with Crippen molar-refractivity contribution < 1.29 is 0 Å². The lowest BCUT2D eigenvalue weighted by Gasteiger charge is -2.22. The third-order valence-electron chi connectivity index (χ3n) is 3.97. The molecule has 1 saturated carbocycles. The lowest BCUT2D eigenvalue weighted by Crippen LogP contribution is -2.23. The molecule has 0 saturated heterocycles. The highest BCUT2D eigenvalue weighted by molar-refractivity contribution is 7.11. The van der Waals surface area contributed by atoms with Gasteiger partial charge in [0.25, 0.3) is 0 Å². The van der Waals surface area contributed by atoms with Crippen molar-refractivity contribution in [2.75, 3.05) is 13.6 Å². The maximum atomic E-state index is 4.66. The first kappa shape index (κ1) is 16.0. The molecule has 1 heterocycles. The van der Waals surface area contributed by atoms with Crippen LogP contribution in [0.5, 0.6) is 0 Å². The first-order chi connectivity index (χ1) is 10.2. The molecule has 0 aliphatic heterocycles. The Hall–Kier alpha value is -1.42. The van der Waals surface area contributed by atoms with E-state index < -0.39 is 0 Å². The largest absolute Gasteiger partial charge is 0.383 e. The van der Waals surface area contributed by atoms with Gasteiger partial charge in [-0.1, -0.05) is 31.9 Å². The summed E-state index contributed by atoms with van der Waals surface area (Å²) in [6.45, 7) is 7.17. The average Bonchev–Trinajstić information content (AvgIpc) is 3.01. The molecule has 0 atom stereocenters. The van der Waals surface area contributed by atoms with E-state index in [0.717, 1.165) is 34.4 Å². The van der Waals surface area contributed by atoms with Gasteiger partial charge in [0.05, 0.1) is 11.4 Å². The lowest BCUT2D eigenvalue weighted by atomic mass is 9.89. The fraction of sp³-hybridized carbons (Fsp3) is 0.529. The normalized spacial score (nSPS) is 17.3. The minimum absolute atomic E-state index is 0.798. The van der Waals surface area contributed by atoms with Crippen molar-refractivity contribution in [2.24, 2.45) is 10.9 Å². The van der Waals surface area contributed by atoms with Crippen LogP contribution in [-0.4, -0.2) is 24.8 Å². The van der Waals surface area contributed by atoms with Gasteiger partial charge in [-0.05, 0) is 25.7 Å². The molecule has 3 nitrogen and oxygen atoms in total. The number of hydrogen-bond donors (Lipinski definition) is 1. The van der Waals surface area contributed by atoms with E-state index in [2.05, 4.69) is 27.3 Å². The van der Waals surface area contributed by atoms with Crippen molar-refractivity contribution in [3.8, 4) is 0 Å². The Kier molecular flexibility index (Phi) is 6.18. The fourth-order valence-electron chi connectivity index (χ4n) is 2.69. The van der Waals surface area contributed by atoms with Crippen LogP contribution in [0, 0.1) is 5.92 Å². The molecule has 114 valence electrons. The summed E-state index contributed by atoms with van der Waals surface area (Å²) in [6.07, 6.45) is 10.7. The molecule has 0 amide bonds. The zero-order valence-corrected chi connectivity index (χ0v) is 13.9. The second-order valence-electron chi connectivity index (χ2n) is 5.53. The second-order valence-corrected chi connectivity index (χ2v) is 6.39. The highest BCUT2D eigenvalue weighted by Crippen LogP contribution is 2.24. The van der Waals surface area contributed by atoms with Gasteiger partial charge in [-0.25, -0.2) is 4.98 Å². The standard InChI is InChI=1S/C17H25N3S/c1-4-15(11-18-3)17-20-16(12-21-17)13(2)19-10-14-8-6-5-7-9-14/h4,11-12,14,19H,2,5-10H2,1,3H3/b15-4+,18-11?. The summed E-state index contributed by atoms with van der Waals surface area (Å²) in [5, 5.41) is 6.53. The van der Waals surface area contributed by atoms with Gasteiger partial charge in [0.15, 0.2) is 0 Å². The molecular formula is C17H25N3S. The van der Waals surface area contributed by atoms with Crippen molar-refractivity contribution in [2.45, 2.75) is 39.0 Å². The first-order valence-electron chi connectivity index (χ1n) is 7.72. The minimum Gasteiger partial charge on any atom is -0.383 e. The van der Waals surface area contributed by atoms with Gasteiger partial charge in [0.1, 0.15) is 5.01 Å². The number of aliphatic imine (C=N–C) groups is 1. The first-order valence-corrected chi connectivity index (χ1v) is 8.60. The third kappa shape index (κ3) is 4.53. The smallest absolute Gasteiger partial charge is 0.125 e. The van der Waals surface area contributed by atoms with E-state index in [0.29, 0.717) is 0 Å². The van der Waals surface area contributed by atoms with Gasteiger partial charge in [-0.2, -0.15) is 0 Å². The highest BCUT2D eigenvalue weighted by Gasteiger charge is 2.14. The number of nitrogens with zero attached hydrogens (tertiary/aromatic N) is 2. The molecule has 1 aliphatic carbocycles. The van der Waals surface area contributed by atoms with Crippen LogP contribution in [0.15, 0.2) is 23.0 Å². The van der Waals surface area contributed by atoms with Crippen molar-refractivity contribution in [1.82, 2.24) is 10.3 Å². The Morgan fingerprint density at radius 2 is 2.24 bits per heavy atom. The van der Waals surface area contributed by atoms with E-state index >= 15 is 0 Å². The molecule has 21 heavy (non-hydrogen) atoms. The van der Waals surface area contributed by atoms with Crippen LogP contribution in [0.2, 0.25) is 0 Å². The maximum absolute atomic E-state index is 4.66. The van der Waals surface area contributed by atoms with Crippen LogP contribution in [0.25, 0.3) is 11.3 Å². The molecule has 0 spiro atoms. The number of hydrogen-bond acceptors (Lipinski definition) is 4. The molecule has 4 heteroatoms. The van der Waals surface area contributed by atoms with Crippen LogP contribution in [0.1, 0.15) is 49.7 Å². The highest BCUT2D eigenvalue weighted by atomic mass is 32.1. The quantitative estimate of drug-likeness (QED) is 0.791. The molecule has 1 N–H and O–H groups in total. The van der Waals surface area contributed by atoms with Gasteiger partial charge in [0, 0.05) is 30.8 Å². The van der Waals surface area contributed by atoms with E-state index in [4.69, 9.17) is 0 Å². The van der Waals surface area contributed by atoms with Crippen molar-refractivity contribution >= 4 is 28.8 Å². The summed E-state index contributed by atoms with van der Waals surface area (Å²) < 4.78 is 0. The second kappa shape index (κ2) is 8.13. The van der Waals surface area contributed by atoms with Crippen molar-refractivity contribution in [1.29, 1.82) is 0 Å². The average molecular weight is 303 g/mol. The van der Waals surface area contributed by atoms with Crippen LogP contribution in [0.4, 0.5) is 0 Å². The Balaban J connectivity index is 1.92. The number of aromatic nitrogens is 1. The van der Waals surface area contributed by atoms with Crippen LogP contribution in [0.3, 0.4) is 0 Å². The fourth-order valence-corrected chi connectivity index (χ4v) is 3.56. The molecule has 2 rings (SSSR count). The van der Waals surface area contributed by atoms with Gasteiger partial charge in [0.2, 0.25) is 0 Å².